The van der Waals surface area contributed by atoms with Gasteiger partial charge in [0, 0.05) is 33.7 Å². The molecule has 1 aliphatic heterocycles. The van der Waals surface area contributed by atoms with Crippen LogP contribution in [0.25, 0.3) is 0 Å². The van der Waals surface area contributed by atoms with Gasteiger partial charge in [-0.2, -0.15) is 0 Å². The number of likely N-dealkylation sites (tertiary alicyclic amines) is 1. The molecule has 0 spiro atoms. The molecule has 34 heavy (non-hydrogen) atoms. The molecule has 0 bridgehead atoms. The van der Waals surface area contributed by atoms with Gasteiger partial charge in [0.1, 0.15) is 0 Å². The number of ketones is 2. The van der Waals surface area contributed by atoms with E-state index in [0.29, 0.717) is 17.6 Å². The number of phenols is 1. The number of para-hydroxylation sites is 1. The van der Waals surface area contributed by atoms with Crippen molar-refractivity contribution in [3.05, 3.63) is 64.0 Å². The van der Waals surface area contributed by atoms with Crippen molar-refractivity contribution in [2.45, 2.75) is 52.0 Å². The summed E-state index contributed by atoms with van der Waals surface area (Å²) >= 11 is 0. The number of hydrogen-bond donors (Lipinski definition) is 1. The van der Waals surface area contributed by atoms with Crippen molar-refractivity contribution in [3.8, 4) is 5.75 Å². The van der Waals surface area contributed by atoms with Crippen molar-refractivity contribution in [3.63, 3.8) is 0 Å². The topological polar surface area (TPSA) is 91.8 Å². The summed E-state index contributed by atoms with van der Waals surface area (Å²) in [6.45, 7) is 6.99. The Morgan fingerprint density at radius 3 is 2.44 bits per heavy atom. The number of rotatable bonds is 1. The zero-order valence-electron chi connectivity index (χ0n) is 19.5. The number of allylic oxidation sites excluding steroid dienone is 6. The van der Waals surface area contributed by atoms with Crippen LogP contribution in [0.15, 0.2) is 52.6 Å². The summed E-state index contributed by atoms with van der Waals surface area (Å²) in [5, 5.41) is 10.6. The fraction of sp³-hybridized carbons (Fsp3) is 0.407. The van der Waals surface area contributed by atoms with E-state index >= 15 is 0 Å². The fourth-order valence-corrected chi connectivity index (χ4v) is 6.16. The van der Waals surface area contributed by atoms with E-state index in [2.05, 4.69) is 0 Å². The van der Waals surface area contributed by atoms with Gasteiger partial charge < -0.3 is 5.11 Å². The third kappa shape index (κ3) is 2.99. The van der Waals surface area contributed by atoms with Gasteiger partial charge in [-0.15, -0.1) is 0 Å². The number of carbonyl (C=O) groups excluding carboxylic acids is 4. The number of carbonyl (C=O) groups is 4. The first-order valence-electron chi connectivity index (χ1n) is 11.5. The van der Waals surface area contributed by atoms with Crippen LogP contribution in [-0.2, 0) is 19.2 Å². The Kier molecular flexibility index (Phi) is 4.83. The Hall–Kier alpha value is -3.35. The minimum absolute atomic E-state index is 0.154. The van der Waals surface area contributed by atoms with Crippen LogP contribution in [0.3, 0.4) is 0 Å². The molecule has 1 aromatic rings. The first-order chi connectivity index (χ1) is 15.9. The van der Waals surface area contributed by atoms with Crippen LogP contribution in [0.4, 0.5) is 4.39 Å². The van der Waals surface area contributed by atoms with E-state index in [4.69, 9.17) is 0 Å². The molecule has 2 amide bonds. The van der Waals surface area contributed by atoms with Crippen LogP contribution < -0.4 is 0 Å². The lowest BCUT2D eigenvalue weighted by molar-refractivity contribution is -0.145. The van der Waals surface area contributed by atoms with E-state index in [9.17, 15) is 28.7 Å². The molecule has 0 saturated carbocycles. The predicted molar refractivity (Wildman–Crippen MR) is 121 cm³/mol. The molecule has 1 N–H and O–H groups in total. The lowest BCUT2D eigenvalue weighted by atomic mass is 9.59. The Morgan fingerprint density at radius 1 is 1.06 bits per heavy atom. The van der Waals surface area contributed by atoms with Gasteiger partial charge in [-0.3, -0.25) is 24.1 Å². The van der Waals surface area contributed by atoms with Crippen molar-refractivity contribution in [1.29, 1.82) is 0 Å². The van der Waals surface area contributed by atoms with Crippen molar-refractivity contribution >= 4 is 23.4 Å². The van der Waals surface area contributed by atoms with Crippen LogP contribution >= 0.6 is 0 Å². The molecule has 4 atom stereocenters. The number of hydrogen-bond acceptors (Lipinski definition) is 5. The van der Waals surface area contributed by atoms with E-state index in [1.807, 2.05) is 6.08 Å². The summed E-state index contributed by atoms with van der Waals surface area (Å²) in [6.07, 6.45) is 3.59. The van der Waals surface area contributed by atoms with Gasteiger partial charge in [0.25, 0.3) is 0 Å². The van der Waals surface area contributed by atoms with Crippen molar-refractivity contribution in [1.82, 2.24) is 4.90 Å². The van der Waals surface area contributed by atoms with E-state index < -0.39 is 40.8 Å². The number of phenolic OH excluding ortho intramolecular Hbond substituents is 1. The second-order valence-electron chi connectivity index (χ2n) is 10.6. The van der Waals surface area contributed by atoms with Gasteiger partial charge >= 0.3 is 0 Å². The largest absolute Gasteiger partial charge is 0.505 e. The summed E-state index contributed by atoms with van der Waals surface area (Å²) in [6, 6.07) is 4.11. The molecule has 0 aromatic heterocycles. The molecule has 1 aromatic carbocycles. The predicted octanol–water partition coefficient (Wildman–Crippen LogP) is 3.76. The van der Waals surface area contributed by atoms with Crippen LogP contribution in [0.2, 0.25) is 0 Å². The number of fused-ring (bicyclic) bond motifs is 3. The second kappa shape index (κ2) is 7.32. The molecule has 5 rings (SSSR count). The smallest absolute Gasteiger partial charge is 0.234 e. The minimum Gasteiger partial charge on any atom is -0.505 e. The van der Waals surface area contributed by atoms with E-state index in [-0.39, 0.29) is 46.5 Å². The number of benzene rings is 1. The summed E-state index contributed by atoms with van der Waals surface area (Å²) < 4.78 is 14.4. The minimum atomic E-state index is -0.863. The van der Waals surface area contributed by atoms with Gasteiger partial charge in [0.2, 0.25) is 11.8 Å². The number of imide groups is 1. The van der Waals surface area contributed by atoms with Crippen LogP contribution in [0.1, 0.15) is 52.0 Å². The molecular formula is C27H26FNO5. The maximum Gasteiger partial charge on any atom is 0.234 e. The van der Waals surface area contributed by atoms with Crippen LogP contribution in [-0.4, -0.2) is 38.9 Å². The normalized spacial score (nSPS) is 29.0. The SMILES string of the molecule is CC1=CC(=O)C2=C(C[C@@H]3C(=CC[C@@H]4C(=O)N(C(C)(C)C)C(=O)[C@@H]43)[C@@H]2c2cccc(F)c2O)C1=O. The van der Waals surface area contributed by atoms with Crippen LogP contribution in [0.5, 0.6) is 5.75 Å². The van der Waals surface area contributed by atoms with E-state index in [1.54, 1.807) is 27.7 Å². The maximum absolute atomic E-state index is 14.4. The molecule has 4 aliphatic rings. The lowest BCUT2D eigenvalue weighted by Crippen LogP contribution is -2.46. The standard InChI is InChI=1S/C27H26FNO5/c1-12-10-19(30)22-17(23(12)31)11-16-13(20(22)14-6-5-7-18(28)24(14)32)8-9-15-21(16)26(34)29(25(15)33)27(2,3)4/h5-8,10,15-16,20-21,32H,9,11H2,1-4H3/t15-,16+,20+,21-/m0/s1. The third-order valence-corrected chi connectivity index (χ3v) is 7.56. The Morgan fingerprint density at radius 2 is 1.76 bits per heavy atom. The van der Waals surface area contributed by atoms with Crippen molar-refractivity contribution in [2.24, 2.45) is 17.8 Å². The molecular weight excluding hydrogens is 437 g/mol. The van der Waals surface area contributed by atoms with Crippen molar-refractivity contribution < 1.29 is 28.7 Å². The maximum atomic E-state index is 14.4. The quantitative estimate of drug-likeness (QED) is 0.389. The molecule has 1 saturated heterocycles. The highest BCUT2D eigenvalue weighted by Gasteiger charge is 2.58. The average Bonchev–Trinajstić information content (AvgIpc) is 3.03. The van der Waals surface area contributed by atoms with Gasteiger partial charge in [-0.25, -0.2) is 4.39 Å². The Bertz CT molecular complexity index is 1280. The zero-order valence-corrected chi connectivity index (χ0v) is 19.5. The monoisotopic (exact) mass is 463 g/mol. The highest BCUT2D eigenvalue weighted by molar-refractivity contribution is 6.23. The molecule has 3 aliphatic carbocycles. The van der Waals surface area contributed by atoms with E-state index in [1.165, 1.54) is 23.1 Å². The molecule has 1 heterocycles. The first kappa shape index (κ1) is 22.4. The Balaban J connectivity index is 1.71. The average molecular weight is 464 g/mol. The highest BCUT2D eigenvalue weighted by Crippen LogP contribution is 2.56. The number of Topliss-reactive ketones (excluding diaryl/α,β-unsaturated/α-hetero) is 1. The number of halogens is 1. The number of amides is 2. The molecule has 0 radical (unpaired) electrons. The summed E-state index contributed by atoms with van der Waals surface area (Å²) in [4.78, 5) is 54.4. The zero-order chi connectivity index (χ0) is 24.7. The molecule has 1 fully saturated rings. The molecule has 6 nitrogen and oxygen atoms in total. The highest BCUT2D eigenvalue weighted by atomic mass is 19.1. The molecule has 7 heteroatoms. The molecule has 176 valence electrons. The third-order valence-electron chi connectivity index (χ3n) is 7.56. The summed E-state index contributed by atoms with van der Waals surface area (Å²) in [5.74, 6) is -5.16. The summed E-state index contributed by atoms with van der Waals surface area (Å²) in [5.41, 5.74) is 0.988. The van der Waals surface area contributed by atoms with Crippen molar-refractivity contribution in [2.75, 3.05) is 0 Å². The number of nitrogens with zero attached hydrogens (tertiary/aromatic N) is 1. The number of aromatic hydroxyl groups is 1. The second-order valence-corrected chi connectivity index (χ2v) is 10.6. The van der Waals surface area contributed by atoms with Gasteiger partial charge in [-0.1, -0.05) is 23.8 Å². The fourth-order valence-electron chi connectivity index (χ4n) is 6.16. The van der Waals surface area contributed by atoms with Gasteiger partial charge in [0.05, 0.1) is 11.8 Å². The van der Waals surface area contributed by atoms with Gasteiger partial charge in [0.15, 0.2) is 23.1 Å². The summed E-state index contributed by atoms with van der Waals surface area (Å²) in [7, 11) is 0. The first-order valence-corrected chi connectivity index (χ1v) is 11.5. The van der Waals surface area contributed by atoms with Gasteiger partial charge in [-0.05, 0) is 58.6 Å². The van der Waals surface area contributed by atoms with Crippen LogP contribution in [0, 0.1) is 23.6 Å². The van der Waals surface area contributed by atoms with E-state index in [0.717, 1.165) is 6.07 Å². The Labute approximate surface area is 196 Å². The lowest BCUT2D eigenvalue weighted by Gasteiger charge is -2.42. The molecule has 0 unspecified atom stereocenters.